The minimum Gasteiger partial charge on any atom is -0.477 e. The first-order valence-electron chi connectivity index (χ1n) is 3.77. The smallest absolute Gasteiger partial charge is 0.342 e. The highest BCUT2D eigenvalue weighted by molar-refractivity contribution is 9.12. The van der Waals surface area contributed by atoms with E-state index in [4.69, 9.17) is 5.11 Å². The Kier molecular flexibility index (Phi) is 6.22. The molecule has 0 unspecified atom stereocenters. The van der Waals surface area contributed by atoms with Crippen molar-refractivity contribution in [1.29, 1.82) is 0 Å². The molecule has 0 aliphatic heterocycles. The highest BCUT2D eigenvalue weighted by Crippen LogP contribution is 2.08. The highest BCUT2D eigenvalue weighted by Gasteiger charge is 1.99. The van der Waals surface area contributed by atoms with E-state index in [1.165, 1.54) is 6.42 Å². The Morgan fingerprint density at radius 2 is 2.18 bits per heavy atom. The Labute approximate surface area is 75.4 Å². The van der Waals surface area contributed by atoms with Gasteiger partial charge in [0.15, 0.2) is 0 Å². The third-order valence-electron chi connectivity index (χ3n) is 1.34. The largest absolute Gasteiger partial charge is 0.477 e. The van der Waals surface area contributed by atoms with Crippen LogP contribution in [0.4, 0.5) is 0 Å². The Hall–Kier alpha value is -0.310. The van der Waals surface area contributed by atoms with Crippen molar-refractivity contribution < 1.29 is 9.90 Å². The topological polar surface area (TPSA) is 37.3 Å². The minimum atomic E-state index is -0.888. The molecule has 0 bridgehead atoms. The van der Waals surface area contributed by atoms with Gasteiger partial charge in [-0.25, -0.2) is 4.79 Å². The molecule has 0 amide bonds. The maximum atomic E-state index is 10.2. The summed E-state index contributed by atoms with van der Waals surface area (Å²) in [7, 11) is 0. The normalized spacial score (nSPS) is 11.6. The third-order valence-corrected chi connectivity index (χ3v) is 2.00. The van der Waals surface area contributed by atoms with E-state index in [9.17, 15) is 4.79 Å². The van der Waals surface area contributed by atoms with E-state index in [-0.39, 0.29) is 4.48 Å². The number of carboxylic acid groups (broad SMARTS) is 1. The Morgan fingerprint density at radius 1 is 1.55 bits per heavy atom. The van der Waals surface area contributed by atoms with Crippen molar-refractivity contribution >= 4 is 21.9 Å². The molecule has 0 heterocycles. The van der Waals surface area contributed by atoms with Crippen LogP contribution in [0.1, 0.15) is 32.6 Å². The maximum absolute atomic E-state index is 10.2. The average molecular weight is 221 g/mol. The number of aliphatic carboxylic acids is 1. The molecule has 0 saturated heterocycles. The SMILES string of the molecule is CCCCC/C=C(\Br)C(=O)O. The second-order valence-electron chi connectivity index (χ2n) is 2.35. The number of unbranched alkanes of at least 4 members (excludes halogenated alkanes) is 3. The summed E-state index contributed by atoms with van der Waals surface area (Å²) < 4.78 is 0.272. The molecule has 0 aliphatic rings. The summed E-state index contributed by atoms with van der Waals surface area (Å²) in [5, 5.41) is 8.42. The van der Waals surface area contributed by atoms with Crippen LogP contribution < -0.4 is 0 Å². The zero-order chi connectivity index (χ0) is 8.69. The molecule has 0 aromatic heterocycles. The lowest BCUT2D eigenvalue weighted by Crippen LogP contribution is -1.92. The number of carbonyl (C=O) groups is 1. The van der Waals surface area contributed by atoms with Gasteiger partial charge in [0.25, 0.3) is 0 Å². The van der Waals surface area contributed by atoms with Crippen molar-refractivity contribution in [2.75, 3.05) is 0 Å². The number of carboxylic acids is 1. The molecule has 1 N–H and O–H groups in total. The van der Waals surface area contributed by atoms with Crippen LogP contribution in [-0.4, -0.2) is 11.1 Å². The van der Waals surface area contributed by atoms with Gasteiger partial charge in [0.1, 0.15) is 0 Å². The van der Waals surface area contributed by atoms with Gasteiger partial charge in [-0.15, -0.1) is 0 Å². The van der Waals surface area contributed by atoms with Gasteiger partial charge < -0.3 is 5.11 Å². The van der Waals surface area contributed by atoms with Gasteiger partial charge in [-0.3, -0.25) is 0 Å². The van der Waals surface area contributed by atoms with Crippen LogP contribution in [0.15, 0.2) is 10.6 Å². The summed E-state index contributed by atoms with van der Waals surface area (Å²) in [6, 6.07) is 0. The lowest BCUT2D eigenvalue weighted by atomic mass is 10.2. The number of rotatable bonds is 5. The summed E-state index contributed by atoms with van der Waals surface area (Å²) in [5.74, 6) is -0.888. The van der Waals surface area contributed by atoms with Gasteiger partial charge in [-0.05, 0) is 28.8 Å². The zero-order valence-corrected chi connectivity index (χ0v) is 8.23. The average Bonchev–Trinajstić information content (AvgIpc) is 1.97. The van der Waals surface area contributed by atoms with E-state index in [1.54, 1.807) is 6.08 Å². The van der Waals surface area contributed by atoms with E-state index >= 15 is 0 Å². The lowest BCUT2D eigenvalue weighted by molar-refractivity contribution is -0.131. The fraction of sp³-hybridized carbons (Fsp3) is 0.625. The summed E-state index contributed by atoms with van der Waals surface area (Å²) in [6.45, 7) is 2.12. The lowest BCUT2D eigenvalue weighted by Gasteiger charge is -1.92. The molecule has 0 spiro atoms. The molecule has 0 fully saturated rings. The summed E-state index contributed by atoms with van der Waals surface area (Å²) >= 11 is 2.96. The van der Waals surface area contributed by atoms with Crippen LogP contribution >= 0.6 is 15.9 Å². The Bertz CT molecular complexity index is 152. The van der Waals surface area contributed by atoms with Crippen molar-refractivity contribution in [3.8, 4) is 0 Å². The standard InChI is InChI=1S/C8H13BrO2/c1-2-3-4-5-6-7(9)8(10)11/h6H,2-5H2,1H3,(H,10,11)/b7-6-. The molecule has 0 rings (SSSR count). The van der Waals surface area contributed by atoms with Crippen LogP contribution in [0.5, 0.6) is 0 Å². The quantitative estimate of drug-likeness (QED) is 0.572. The van der Waals surface area contributed by atoms with Crippen LogP contribution in [0.25, 0.3) is 0 Å². The molecule has 0 atom stereocenters. The fourth-order valence-corrected chi connectivity index (χ4v) is 0.939. The molecule has 0 aromatic rings. The second kappa shape index (κ2) is 6.40. The monoisotopic (exact) mass is 220 g/mol. The highest BCUT2D eigenvalue weighted by atomic mass is 79.9. The summed E-state index contributed by atoms with van der Waals surface area (Å²) in [4.78, 5) is 10.2. The van der Waals surface area contributed by atoms with Gasteiger partial charge in [0.2, 0.25) is 0 Å². The van der Waals surface area contributed by atoms with Crippen LogP contribution in [0.3, 0.4) is 0 Å². The predicted molar refractivity (Wildman–Crippen MR) is 48.8 cm³/mol. The van der Waals surface area contributed by atoms with Crippen molar-refractivity contribution in [2.45, 2.75) is 32.6 Å². The molecule has 11 heavy (non-hydrogen) atoms. The van der Waals surface area contributed by atoms with Crippen LogP contribution in [-0.2, 0) is 4.79 Å². The van der Waals surface area contributed by atoms with E-state index in [0.717, 1.165) is 19.3 Å². The van der Waals surface area contributed by atoms with Gasteiger partial charge in [-0.2, -0.15) is 0 Å². The molecular weight excluding hydrogens is 208 g/mol. The van der Waals surface area contributed by atoms with Crippen molar-refractivity contribution in [1.82, 2.24) is 0 Å². The number of hydrogen-bond acceptors (Lipinski definition) is 1. The molecule has 0 aliphatic carbocycles. The molecule has 0 radical (unpaired) electrons. The maximum Gasteiger partial charge on any atom is 0.342 e. The molecule has 0 aromatic carbocycles. The first kappa shape index (κ1) is 10.7. The van der Waals surface area contributed by atoms with Gasteiger partial charge >= 0.3 is 5.97 Å². The predicted octanol–water partition coefficient (Wildman–Crippen LogP) is 2.93. The number of halogens is 1. The molecular formula is C8H13BrO2. The third kappa shape index (κ3) is 6.10. The fourth-order valence-electron chi connectivity index (χ4n) is 0.710. The van der Waals surface area contributed by atoms with Crippen molar-refractivity contribution in [2.24, 2.45) is 0 Å². The van der Waals surface area contributed by atoms with Crippen molar-refractivity contribution in [3.63, 3.8) is 0 Å². The van der Waals surface area contributed by atoms with E-state index in [2.05, 4.69) is 22.9 Å². The van der Waals surface area contributed by atoms with E-state index < -0.39 is 5.97 Å². The zero-order valence-electron chi connectivity index (χ0n) is 6.64. The molecule has 3 heteroatoms. The summed E-state index contributed by atoms with van der Waals surface area (Å²) in [5.41, 5.74) is 0. The number of hydrogen-bond donors (Lipinski definition) is 1. The summed E-state index contributed by atoms with van der Waals surface area (Å²) in [6.07, 6.45) is 5.95. The minimum absolute atomic E-state index is 0.272. The Morgan fingerprint density at radius 3 is 2.64 bits per heavy atom. The first-order valence-corrected chi connectivity index (χ1v) is 4.56. The van der Waals surface area contributed by atoms with Gasteiger partial charge in [-0.1, -0.05) is 25.8 Å². The molecule has 0 saturated carbocycles. The Balaban J connectivity index is 3.48. The van der Waals surface area contributed by atoms with Crippen molar-refractivity contribution in [3.05, 3.63) is 10.6 Å². The van der Waals surface area contributed by atoms with E-state index in [0.29, 0.717) is 0 Å². The number of allylic oxidation sites excluding steroid dienone is 1. The van der Waals surface area contributed by atoms with E-state index in [1.807, 2.05) is 0 Å². The first-order chi connectivity index (χ1) is 5.18. The molecule has 2 nitrogen and oxygen atoms in total. The second-order valence-corrected chi connectivity index (χ2v) is 3.21. The van der Waals surface area contributed by atoms with Crippen LogP contribution in [0.2, 0.25) is 0 Å². The van der Waals surface area contributed by atoms with Gasteiger partial charge in [0.05, 0.1) is 4.48 Å². The van der Waals surface area contributed by atoms with Crippen LogP contribution in [0, 0.1) is 0 Å². The molecule has 64 valence electrons. The van der Waals surface area contributed by atoms with Gasteiger partial charge in [0, 0.05) is 0 Å².